The molecule has 1 rings (SSSR count). The van der Waals surface area contributed by atoms with E-state index in [1.165, 1.54) is 23.5 Å². The highest BCUT2D eigenvalue weighted by atomic mass is 35.5. The van der Waals surface area contributed by atoms with E-state index in [0.29, 0.717) is 11.4 Å². The van der Waals surface area contributed by atoms with Crippen LogP contribution >= 0.6 is 23.8 Å². The van der Waals surface area contributed by atoms with Crippen molar-refractivity contribution in [1.29, 1.82) is 0 Å². The molecule has 0 unspecified atom stereocenters. The maximum atomic E-state index is 12.5. The summed E-state index contributed by atoms with van der Waals surface area (Å²) in [5, 5.41) is 0.368. The Bertz CT molecular complexity index is 564. The summed E-state index contributed by atoms with van der Waals surface area (Å²) in [4.78, 5) is 0.415. The fourth-order valence-electron chi connectivity index (χ4n) is 1.56. The van der Waals surface area contributed by atoms with Gasteiger partial charge in [0, 0.05) is 31.6 Å². The molecular formula is C12H17ClN2O3S2. The van der Waals surface area contributed by atoms with Crippen LogP contribution in [0.4, 0.5) is 0 Å². The smallest absolute Gasteiger partial charge is 0.243 e. The van der Waals surface area contributed by atoms with Gasteiger partial charge in [-0.05, 0) is 18.2 Å². The van der Waals surface area contributed by atoms with E-state index in [9.17, 15) is 8.42 Å². The molecule has 1 aromatic carbocycles. The Kier molecular flexibility index (Phi) is 6.84. The van der Waals surface area contributed by atoms with Crippen LogP contribution < -0.4 is 5.73 Å². The lowest BCUT2D eigenvalue weighted by Gasteiger charge is -2.21. The SMILES string of the molecule is COCCN(CCC(N)=S)S(=O)(=O)c1cccc(Cl)c1. The number of hydrogen-bond acceptors (Lipinski definition) is 4. The van der Waals surface area contributed by atoms with Gasteiger partial charge in [0.2, 0.25) is 10.0 Å². The number of sulfonamides is 1. The molecule has 2 N–H and O–H groups in total. The largest absolute Gasteiger partial charge is 0.393 e. The third kappa shape index (κ3) is 4.99. The van der Waals surface area contributed by atoms with Gasteiger partial charge in [-0.25, -0.2) is 8.42 Å². The first kappa shape index (κ1) is 17.3. The van der Waals surface area contributed by atoms with Gasteiger partial charge in [0.1, 0.15) is 0 Å². The molecule has 0 saturated carbocycles. The zero-order valence-electron chi connectivity index (χ0n) is 11.1. The molecule has 0 bridgehead atoms. The molecule has 0 saturated heterocycles. The first-order valence-corrected chi connectivity index (χ1v) is 8.13. The lowest BCUT2D eigenvalue weighted by Crippen LogP contribution is -2.36. The van der Waals surface area contributed by atoms with Crippen LogP contribution in [0.2, 0.25) is 5.02 Å². The molecular weight excluding hydrogens is 320 g/mol. The molecule has 20 heavy (non-hydrogen) atoms. The molecule has 8 heteroatoms. The monoisotopic (exact) mass is 336 g/mol. The minimum atomic E-state index is -3.64. The van der Waals surface area contributed by atoms with E-state index in [1.807, 2.05) is 0 Å². The molecule has 1 aromatic rings. The van der Waals surface area contributed by atoms with Crippen LogP contribution in [0.3, 0.4) is 0 Å². The van der Waals surface area contributed by atoms with Crippen molar-refractivity contribution in [1.82, 2.24) is 4.31 Å². The average molecular weight is 337 g/mol. The predicted molar refractivity (Wildman–Crippen MR) is 83.5 cm³/mol. The molecule has 0 fully saturated rings. The maximum Gasteiger partial charge on any atom is 0.243 e. The van der Waals surface area contributed by atoms with Gasteiger partial charge in [-0.3, -0.25) is 0 Å². The van der Waals surface area contributed by atoms with Gasteiger partial charge in [0.25, 0.3) is 0 Å². The summed E-state index contributed by atoms with van der Waals surface area (Å²) in [6.07, 6.45) is 0.318. The van der Waals surface area contributed by atoms with Crippen molar-refractivity contribution in [2.75, 3.05) is 26.8 Å². The zero-order chi connectivity index (χ0) is 15.2. The fraction of sp³-hybridized carbons (Fsp3) is 0.417. The molecule has 0 aromatic heterocycles. The van der Waals surface area contributed by atoms with Crippen molar-refractivity contribution in [2.45, 2.75) is 11.3 Å². The summed E-state index contributed by atoms with van der Waals surface area (Å²) in [5.41, 5.74) is 5.43. The van der Waals surface area contributed by atoms with Gasteiger partial charge in [-0.1, -0.05) is 29.9 Å². The van der Waals surface area contributed by atoms with Crippen molar-refractivity contribution in [3.63, 3.8) is 0 Å². The molecule has 0 heterocycles. The molecule has 0 amide bonds. The highest BCUT2D eigenvalue weighted by Crippen LogP contribution is 2.19. The van der Waals surface area contributed by atoms with Crippen LogP contribution in [0.25, 0.3) is 0 Å². The lowest BCUT2D eigenvalue weighted by molar-refractivity contribution is 0.179. The van der Waals surface area contributed by atoms with Crippen LogP contribution in [0.1, 0.15) is 6.42 Å². The molecule has 112 valence electrons. The minimum Gasteiger partial charge on any atom is -0.393 e. The maximum absolute atomic E-state index is 12.5. The first-order chi connectivity index (χ1) is 9.37. The summed E-state index contributed by atoms with van der Waals surface area (Å²) in [7, 11) is -2.13. The Labute approximate surface area is 129 Å². The topological polar surface area (TPSA) is 72.6 Å². The van der Waals surface area contributed by atoms with Crippen LogP contribution in [0, 0.1) is 0 Å². The number of hydrogen-bond donors (Lipinski definition) is 1. The Morgan fingerprint density at radius 3 is 2.70 bits per heavy atom. The quantitative estimate of drug-likeness (QED) is 0.731. The normalized spacial score (nSPS) is 11.8. The second kappa shape index (κ2) is 7.90. The van der Waals surface area contributed by atoms with E-state index in [4.69, 9.17) is 34.3 Å². The van der Waals surface area contributed by atoms with Crippen LogP contribution in [-0.4, -0.2) is 44.5 Å². The number of benzene rings is 1. The van der Waals surface area contributed by atoms with Crippen LogP contribution in [-0.2, 0) is 14.8 Å². The Hall–Kier alpha value is -0.730. The van der Waals surface area contributed by atoms with Crippen molar-refractivity contribution >= 4 is 38.8 Å². The van der Waals surface area contributed by atoms with Gasteiger partial charge in [-0.2, -0.15) is 4.31 Å². The molecule has 0 spiro atoms. The van der Waals surface area contributed by atoms with Crippen molar-refractivity contribution in [3.8, 4) is 0 Å². The Morgan fingerprint density at radius 1 is 1.45 bits per heavy atom. The first-order valence-electron chi connectivity index (χ1n) is 5.91. The van der Waals surface area contributed by atoms with Crippen LogP contribution in [0.15, 0.2) is 29.2 Å². The molecule has 0 aliphatic carbocycles. The predicted octanol–water partition coefficient (Wildman–Crippen LogP) is 1.65. The minimum absolute atomic E-state index is 0.143. The van der Waals surface area contributed by atoms with E-state index in [1.54, 1.807) is 12.1 Å². The second-order valence-corrected chi connectivity index (χ2v) is 6.97. The summed E-state index contributed by atoms with van der Waals surface area (Å²) >= 11 is 10.6. The summed E-state index contributed by atoms with van der Waals surface area (Å²) < 4.78 is 31.3. The summed E-state index contributed by atoms with van der Waals surface area (Å²) in [6, 6.07) is 6.13. The second-order valence-electron chi connectivity index (χ2n) is 4.07. The summed E-state index contributed by atoms with van der Waals surface area (Å²) in [6.45, 7) is 0.735. The van der Waals surface area contributed by atoms with Crippen molar-refractivity contribution < 1.29 is 13.2 Å². The number of halogens is 1. The van der Waals surface area contributed by atoms with E-state index >= 15 is 0 Å². The van der Waals surface area contributed by atoms with Gasteiger partial charge < -0.3 is 10.5 Å². The lowest BCUT2D eigenvalue weighted by atomic mass is 10.4. The molecule has 0 aliphatic rings. The van der Waals surface area contributed by atoms with E-state index in [2.05, 4.69) is 0 Å². The molecule has 0 radical (unpaired) electrons. The zero-order valence-corrected chi connectivity index (χ0v) is 13.5. The third-order valence-corrected chi connectivity index (χ3v) is 4.92. The standard InChI is InChI=1S/C12H17ClN2O3S2/c1-18-8-7-15(6-5-12(14)19)20(16,17)11-4-2-3-10(13)9-11/h2-4,9H,5-8H2,1H3,(H2,14,19). The Balaban J connectivity index is 3.00. The molecule has 0 atom stereocenters. The number of nitrogens with two attached hydrogens (primary N) is 1. The average Bonchev–Trinajstić information content (AvgIpc) is 2.38. The van der Waals surface area contributed by atoms with E-state index < -0.39 is 10.0 Å². The summed E-state index contributed by atoms with van der Waals surface area (Å²) in [5.74, 6) is 0. The third-order valence-electron chi connectivity index (χ3n) is 2.59. The van der Waals surface area contributed by atoms with Gasteiger partial charge in [-0.15, -0.1) is 0 Å². The molecule has 5 nitrogen and oxygen atoms in total. The molecule has 0 aliphatic heterocycles. The van der Waals surface area contributed by atoms with E-state index in [0.717, 1.165) is 0 Å². The van der Waals surface area contributed by atoms with Crippen molar-refractivity contribution in [2.24, 2.45) is 5.73 Å². The van der Waals surface area contributed by atoms with E-state index in [-0.39, 0.29) is 29.6 Å². The van der Waals surface area contributed by atoms with Crippen LogP contribution in [0.5, 0.6) is 0 Å². The Morgan fingerprint density at radius 2 is 2.15 bits per heavy atom. The number of thiocarbonyl (C=S) groups is 1. The number of ether oxygens (including phenoxy) is 1. The number of methoxy groups -OCH3 is 1. The van der Waals surface area contributed by atoms with Gasteiger partial charge >= 0.3 is 0 Å². The number of nitrogens with zero attached hydrogens (tertiary/aromatic N) is 1. The highest BCUT2D eigenvalue weighted by Gasteiger charge is 2.24. The number of rotatable bonds is 8. The highest BCUT2D eigenvalue weighted by molar-refractivity contribution is 7.89. The fourth-order valence-corrected chi connectivity index (χ4v) is 3.37. The van der Waals surface area contributed by atoms with Gasteiger partial charge in [0.05, 0.1) is 16.5 Å². The van der Waals surface area contributed by atoms with Gasteiger partial charge in [0.15, 0.2) is 0 Å². The van der Waals surface area contributed by atoms with Crippen molar-refractivity contribution in [3.05, 3.63) is 29.3 Å².